The fourth-order valence-corrected chi connectivity index (χ4v) is 2.13. The molecule has 0 N–H and O–H groups in total. The highest BCUT2D eigenvalue weighted by molar-refractivity contribution is 9.10. The summed E-state index contributed by atoms with van der Waals surface area (Å²) in [5.41, 5.74) is 0.410. The van der Waals surface area contributed by atoms with E-state index in [4.69, 9.17) is 11.6 Å². The van der Waals surface area contributed by atoms with E-state index in [1.165, 1.54) is 6.07 Å². The molecule has 0 fully saturated rings. The van der Waals surface area contributed by atoms with Gasteiger partial charge < -0.3 is 0 Å². The molecular weight excluding hydrogens is 258 g/mol. The van der Waals surface area contributed by atoms with E-state index in [9.17, 15) is 9.18 Å². The maximum absolute atomic E-state index is 13.4. The van der Waals surface area contributed by atoms with Crippen molar-refractivity contribution in [1.82, 2.24) is 0 Å². The summed E-state index contributed by atoms with van der Waals surface area (Å²) < 4.78 is 14.0. The molecule has 0 saturated carbocycles. The summed E-state index contributed by atoms with van der Waals surface area (Å²) >= 11 is 8.84. The van der Waals surface area contributed by atoms with Crippen LogP contribution in [0.1, 0.15) is 22.8 Å². The van der Waals surface area contributed by atoms with Crippen molar-refractivity contribution >= 4 is 33.8 Å². The Morgan fingerprint density at radius 2 is 2.31 bits per heavy atom. The number of aldehydes is 1. The summed E-state index contributed by atoms with van der Waals surface area (Å²) in [7, 11) is 0. The van der Waals surface area contributed by atoms with Crippen LogP contribution in [0.3, 0.4) is 0 Å². The van der Waals surface area contributed by atoms with Crippen LogP contribution < -0.4 is 0 Å². The number of benzene rings is 1. The minimum atomic E-state index is -0.531. The number of hydrogen-bond acceptors (Lipinski definition) is 1. The van der Waals surface area contributed by atoms with E-state index < -0.39 is 5.82 Å². The van der Waals surface area contributed by atoms with Gasteiger partial charge in [0.1, 0.15) is 5.82 Å². The fraction of sp³-hybridized carbons (Fsp3) is 0.222. The lowest BCUT2D eigenvalue weighted by Crippen LogP contribution is -1.97. The average molecular weight is 266 g/mol. The van der Waals surface area contributed by atoms with Crippen LogP contribution in [0.5, 0.6) is 0 Å². The Bertz CT molecular complexity index is 352. The van der Waals surface area contributed by atoms with Crippen molar-refractivity contribution in [2.45, 2.75) is 13.3 Å². The SMILES string of the molecule is CCc1c(Br)cc(Cl)c(C=O)c1F. The molecule has 0 atom stereocenters. The molecule has 1 aromatic carbocycles. The molecule has 0 bridgehead atoms. The highest BCUT2D eigenvalue weighted by Gasteiger charge is 2.13. The zero-order valence-corrected chi connectivity index (χ0v) is 9.25. The third-order valence-corrected chi connectivity index (χ3v) is 2.79. The van der Waals surface area contributed by atoms with Crippen LogP contribution in [-0.4, -0.2) is 6.29 Å². The minimum absolute atomic E-state index is 0.0679. The van der Waals surface area contributed by atoms with Crippen molar-refractivity contribution in [2.24, 2.45) is 0 Å². The summed E-state index contributed by atoms with van der Waals surface area (Å²) in [4.78, 5) is 10.5. The van der Waals surface area contributed by atoms with Gasteiger partial charge in [0.2, 0.25) is 0 Å². The highest BCUT2D eigenvalue weighted by Crippen LogP contribution is 2.28. The molecule has 0 aliphatic carbocycles. The largest absolute Gasteiger partial charge is 0.298 e. The summed E-state index contributed by atoms with van der Waals surface area (Å²) in [6.07, 6.45) is 0.952. The van der Waals surface area contributed by atoms with Crippen molar-refractivity contribution in [3.63, 3.8) is 0 Å². The minimum Gasteiger partial charge on any atom is -0.298 e. The van der Waals surface area contributed by atoms with Crippen LogP contribution in [0.2, 0.25) is 5.02 Å². The van der Waals surface area contributed by atoms with Gasteiger partial charge in [-0.15, -0.1) is 0 Å². The Hall–Kier alpha value is -0.410. The number of carbonyl (C=O) groups excluding carboxylic acids is 1. The van der Waals surface area contributed by atoms with E-state index in [2.05, 4.69) is 15.9 Å². The van der Waals surface area contributed by atoms with Gasteiger partial charge in [0.05, 0.1) is 10.6 Å². The van der Waals surface area contributed by atoms with Crippen molar-refractivity contribution in [3.05, 3.63) is 32.5 Å². The molecule has 0 heterocycles. The van der Waals surface area contributed by atoms with Gasteiger partial charge in [0.25, 0.3) is 0 Å². The van der Waals surface area contributed by atoms with Gasteiger partial charge in [-0.2, -0.15) is 0 Å². The van der Waals surface area contributed by atoms with Crippen molar-refractivity contribution in [3.8, 4) is 0 Å². The third-order valence-electron chi connectivity index (χ3n) is 1.77. The Kier molecular flexibility index (Phi) is 3.45. The van der Waals surface area contributed by atoms with Gasteiger partial charge in [-0.3, -0.25) is 4.79 Å². The second kappa shape index (κ2) is 4.20. The number of hydrogen-bond donors (Lipinski definition) is 0. The predicted molar refractivity (Wildman–Crippen MR) is 53.9 cm³/mol. The first-order valence-electron chi connectivity index (χ1n) is 3.73. The molecule has 0 saturated heterocycles. The molecule has 0 unspecified atom stereocenters. The Balaban J connectivity index is 3.47. The zero-order valence-electron chi connectivity index (χ0n) is 6.90. The van der Waals surface area contributed by atoms with E-state index in [0.717, 1.165) is 0 Å². The smallest absolute Gasteiger partial charge is 0.154 e. The maximum atomic E-state index is 13.4. The van der Waals surface area contributed by atoms with Gasteiger partial charge in [-0.1, -0.05) is 34.5 Å². The van der Waals surface area contributed by atoms with Crippen molar-refractivity contribution < 1.29 is 9.18 Å². The van der Waals surface area contributed by atoms with Crippen LogP contribution in [0.15, 0.2) is 10.5 Å². The quantitative estimate of drug-likeness (QED) is 0.747. The standard InChI is InChI=1S/C9H7BrClFO/c1-2-5-7(10)3-8(11)6(4-13)9(5)12/h3-4H,2H2,1H3. The summed E-state index contributed by atoms with van der Waals surface area (Å²) in [6, 6.07) is 1.53. The first kappa shape index (κ1) is 10.7. The first-order chi connectivity index (χ1) is 6.11. The fourth-order valence-electron chi connectivity index (χ4n) is 1.08. The molecular formula is C9H7BrClFO. The third kappa shape index (κ3) is 1.92. The maximum Gasteiger partial charge on any atom is 0.154 e. The lowest BCUT2D eigenvalue weighted by molar-refractivity contribution is 0.111. The van der Waals surface area contributed by atoms with Crippen LogP contribution in [-0.2, 0) is 6.42 Å². The molecule has 0 radical (unpaired) electrons. The second-order valence-corrected chi connectivity index (χ2v) is 3.78. The number of halogens is 3. The van der Waals surface area contributed by atoms with Crippen molar-refractivity contribution in [1.29, 1.82) is 0 Å². The lowest BCUT2D eigenvalue weighted by Gasteiger charge is -2.06. The van der Waals surface area contributed by atoms with Gasteiger partial charge >= 0.3 is 0 Å². The molecule has 0 aromatic heterocycles. The Labute approximate surface area is 89.0 Å². The predicted octanol–water partition coefficient (Wildman–Crippen LogP) is 3.62. The summed E-state index contributed by atoms with van der Waals surface area (Å²) in [5, 5.41) is 0.136. The molecule has 13 heavy (non-hydrogen) atoms. The molecule has 70 valence electrons. The highest BCUT2D eigenvalue weighted by atomic mass is 79.9. The van der Waals surface area contributed by atoms with Gasteiger partial charge in [0.15, 0.2) is 6.29 Å². The monoisotopic (exact) mass is 264 g/mol. The molecule has 1 aromatic rings. The second-order valence-electron chi connectivity index (χ2n) is 2.52. The van der Waals surface area contributed by atoms with Crippen LogP contribution in [0, 0.1) is 5.82 Å². The van der Waals surface area contributed by atoms with Crippen LogP contribution in [0.25, 0.3) is 0 Å². The molecule has 4 heteroatoms. The van der Waals surface area contributed by atoms with Gasteiger partial charge in [-0.25, -0.2) is 4.39 Å². The Morgan fingerprint density at radius 3 is 2.77 bits per heavy atom. The van der Waals surface area contributed by atoms with E-state index in [1.807, 2.05) is 6.92 Å². The van der Waals surface area contributed by atoms with Crippen LogP contribution >= 0.6 is 27.5 Å². The molecule has 1 nitrogen and oxygen atoms in total. The molecule has 0 spiro atoms. The summed E-state index contributed by atoms with van der Waals surface area (Å²) in [5.74, 6) is -0.531. The number of rotatable bonds is 2. The first-order valence-corrected chi connectivity index (χ1v) is 4.90. The summed E-state index contributed by atoms with van der Waals surface area (Å²) in [6.45, 7) is 1.81. The number of carbonyl (C=O) groups is 1. The zero-order chi connectivity index (χ0) is 10.0. The van der Waals surface area contributed by atoms with Crippen LogP contribution in [0.4, 0.5) is 4.39 Å². The van der Waals surface area contributed by atoms with Gasteiger partial charge in [0, 0.05) is 10.0 Å². The molecule has 0 amide bonds. The molecule has 0 aliphatic rings. The van der Waals surface area contributed by atoms with E-state index in [-0.39, 0.29) is 10.6 Å². The normalized spacial score (nSPS) is 10.2. The van der Waals surface area contributed by atoms with E-state index in [1.54, 1.807) is 0 Å². The topological polar surface area (TPSA) is 17.1 Å². The molecule has 0 aliphatic heterocycles. The molecule has 1 rings (SSSR count). The van der Waals surface area contributed by atoms with Gasteiger partial charge in [-0.05, 0) is 12.5 Å². The van der Waals surface area contributed by atoms with E-state index >= 15 is 0 Å². The van der Waals surface area contributed by atoms with E-state index in [0.29, 0.717) is 22.7 Å². The Morgan fingerprint density at radius 1 is 1.69 bits per heavy atom. The van der Waals surface area contributed by atoms with Crippen molar-refractivity contribution in [2.75, 3.05) is 0 Å². The average Bonchev–Trinajstić information content (AvgIpc) is 2.04. The lowest BCUT2D eigenvalue weighted by atomic mass is 10.1.